The molecule has 1 atom stereocenters. The summed E-state index contributed by atoms with van der Waals surface area (Å²) in [6, 6.07) is 4.56. The van der Waals surface area contributed by atoms with Crippen molar-refractivity contribution in [2.45, 2.75) is 6.04 Å². The van der Waals surface area contributed by atoms with E-state index in [0.29, 0.717) is 4.88 Å². The molecular weight excluding hydrogens is 339 g/mol. The van der Waals surface area contributed by atoms with Gasteiger partial charge in [-0.25, -0.2) is 4.79 Å². The number of rotatable bonds is 5. The van der Waals surface area contributed by atoms with Gasteiger partial charge in [0.2, 0.25) is 0 Å². The number of carboxylic acids is 1. The second-order valence-electron chi connectivity index (χ2n) is 3.97. The third-order valence-corrected chi connectivity index (χ3v) is 4.13. The molecule has 110 valence electrons. The van der Waals surface area contributed by atoms with Gasteiger partial charge in [-0.3, -0.25) is 10.1 Å². The van der Waals surface area contributed by atoms with Gasteiger partial charge in [-0.15, -0.1) is 11.3 Å². The van der Waals surface area contributed by atoms with Crippen LogP contribution in [-0.4, -0.2) is 16.0 Å². The molecule has 21 heavy (non-hydrogen) atoms. The average molecular weight is 347 g/mol. The van der Waals surface area contributed by atoms with E-state index < -0.39 is 16.9 Å². The smallest absolute Gasteiger partial charge is 0.331 e. The molecule has 0 aliphatic heterocycles. The van der Waals surface area contributed by atoms with Crippen LogP contribution in [0.3, 0.4) is 0 Å². The first-order valence-corrected chi connectivity index (χ1v) is 7.20. The molecular formula is C12H8Cl2N2O4S. The molecule has 1 aromatic heterocycles. The largest absolute Gasteiger partial charge is 0.479 e. The maximum Gasteiger partial charge on any atom is 0.331 e. The third kappa shape index (κ3) is 3.44. The number of carbonyl (C=O) groups is 1. The van der Waals surface area contributed by atoms with Crippen LogP contribution in [0.1, 0.15) is 10.9 Å². The molecule has 0 saturated carbocycles. The number of thiophene rings is 1. The molecule has 6 nitrogen and oxygen atoms in total. The first-order valence-electron chi connectivity index (χ1n) is 5.56. The second-order valence-corrected chi connectivity index (χ2v) is 5.77. The van der Waals surface area contributed by atoms with Crippen LogP contribution < -0.4 is 5.32 Å². The van der Waals surface area contributed by atoms with Gasteiger partial charge in [0.05, 0.1) is 20.7 Å². The maximum atomic E-state index is 11.3. The quantitative estimate of drug-likeness (QED) is 0.625. The van der Waals surface area contributed by atoms with E-state index in [4.69, 9.17) is 23.2 Å². The zero-order chi connectivity index (χ0) is 15.6. The predicted molar refractivity (Wildman–Crippen MR) is 81.4 cm³/mol. The number of carboxylic acid groups (broad SMARTS) is 1. The number of nitrogens with zero attached hydrogens (tertiary/aromatic N) is 1. The maximum absolute atomic E-state index is 11.3. The highest BCUT2D eigenvalue weighted by molar-refractivity contribution is 7.10. The standard InChI is InChI=1S/C12H8Cl2N2O4S/c13-7-4-6(16(19)20)5-8(14)10(7)15-11(12(17)18)9-2-1-3-21-9/h1-5,11,15H,(H,17,18). The summed E-state index contributed by atoms with van der Waals surface area (Å²) in [7, 11) is 0. The van der Waals surface area contributed by atoms with Crippen molar-refractivity contribution < 1.29 is 14.8 Å². The van der Waals surface area contributed by atoms with Gasteiger partial charge in [0.25, 0.3) is 5.69 Å². The molecule has 1 aromatic carbocycles. The first-order chi connectivity index (χ1) is 9.90. The van der Waals surface area contributed by atoms with Crippen LogP contribution >= 0.6 is 34.5 Å². The molecule has 0 aliphatic rings. The van der Waals surface area contributed by atoms with E-state index in [1.807, 2.05) is 0 Å². The summed E-state index contributed by atoms with van der Waals surface area (Å²) in [6.07, 6.45) is 0. The Bertz CT molecular complexity index is 668. The Balaban J connectivity index is 2.38. The van der Waals surface area contributed by atoms with E-state index in [-0.39, 0.29) is 21.4 Å². The highest BCUT2D eigenvalue weighted by atomic mass is 35.5. The molecule has 0 radical (unpaired) electrons. The molecule has 2 aromatic rings. The number of nitro groups is 1. The van der Waals surface area contributed by atoms with Gasteiger partial charge < -0.3 is 10.4 Å². The zero-order valence-electron chi connectivity index (χ0n) is 10.2. The van der Waals surface area contributed by atoms with Gasteiger partial charge in [0.1, 0.15) is 0 Å². The number of anilines is 1. The van der Waals surface area contributed by atoms with Crippen LogP contribution in [0.2, 0.25) is 10.0 Å². The lowest BCUT2D eigenvalue weighted by Gasteiger charge is -2.16. The van der Waals surface area contributed by atoms with Crippen LogP contribution in [0.4, 0.5) is 11.4 Å². The van der Waals surface area contributed by atoms with Gasteiger partial charge in [-0.1, -0.05) is 29.3 Å². The number of aliphatic carboxylic acids is 1. The SMILES string of the molecule is O=C(O)C(Nc1c(Cl)cc([N+](=O)[O-])cc1Cl)c1cccs1. The molecule has 0 fully saturated rings. The first kappa shape index (κ1) is 15.6. The minimum absolute atomic E-state index is 0.0167. The molecule has 1 unspecified atom stereocenters. The van der Waals surface area contributed by atoms with Crippen molar-refractivity contribution in [3.05, 3.63) is 54.7 Å². The fourth-order valence-electron chi connectivity index (χ4n) is 1.66. The van der Waals surface area contributed by atoms with E-state index >= 15 is 0 Å². The molecule has 0 amide bonds. The molecule has 0 spiro atoms. The Morgan fingerprint density at radius 1 is 1.38 bits per heavy atom. The lowest BCUT2D eigenvalue weighted by atomic mass is 10.2. The van der Waals surface area contributed by atoms with E-state index in [0.717, 1.165) is 12.1 Å². The molecule has 1 heterocycles. The highest BCUT2D eigenvalue weighted by Gasteiger charge is 2.24. The van der Waals surface area contributed by atoms with E-state index in [2.05, 4.69) is 5.32 Å². The highest BCUT2D eigenvalue weighted by Crippen LogP contribution is 2.37. The molecule has 0 bridgehead atoms. The Morgan fingerprint density at radius 2 is 2.00 bits per heavy atom. The minimum Gasteiger partial charge on any atom is -0.479 e. The molecule has 0 saturated heterocycles. The number of benzene rings is 1. The summed E-state index contributed by atoms with van der Waals surface area (Å²) in [5, 5.41) is 24.4. The van der Waals surface area contributed by atoms with Crippen molar-refractivity contribution in [3.8, 4) is 0 Å². The summed E-state index contributed by atoms with van der Waals surface area (Å²) < 4.78 is 0. The summed E-state index contributed by atoms with van der Waals surface area (Å²) >= 11 is 13.2. The lowest BCUT2D eigenvalue weighted by Crippen LogP contribution is -2.19. The fraction of sp³-hybridized carbons (Fsp3) is 0.0833. The summed E-state index contributed by atoms with van der Waals surface area (Å²) in [6.45, 7) is 0. The van der Waals surface area contributed by atoms with Gasteiger partial charge in [0.15, 0.2) is 6.04 Å². The zero-order valence-corrected chi connectivity index (χ0v) is 12.6. The van der Waals surface area contributed by atoms with Gasteiger partial charge in [-0.05, 0) is 11.4 Å². The number of hydrogen-bond donors (Lipinski definition) is 2. The van der Waals surface area contributed by atoms with Gasteiger partial charge in [0, 0.05) is 17.0 Å². The van der Waals surface area contributed by atoms with Crippen LogP contribution in [0.5, 0.6) is 0 Å². The topological polar surface area (TPSA) is 92.5 Å². The molecule has 9 heteroatoms. The Morgan fingerprint density at radius 3 is 2.43 bits per heavy atom. The second kappa shape index (κ2) is 6.30. The van der Waals surface area contributed by atoms with Crippen molar-refractivity contribution >= 4 is 51.9 Å². The van der Waals surface area contributed by atoms with Crippen LogP contribution in [0, 0.1) is 10.1 Å². The monoisotopic (exact) mass is 346 g/mol. The lowest BCUT2D eigenvalue weighted by molar-refractivity contribution is -0.384. The number of nitrogens with one attached hydrogen (secondary N) is 1. The van der Waals surface area contributed by atoms with E-state index in [9.17, 15) is 20.0 Å². The Labute approximate surface area is 133 Å². The van der Waals surface area contributed by atoms with Crippen LogP contribution in [0.25, 0.3) is 0 Å². The summed E-state index contributed by atoms with van der Waals surface area (Å²) in [5.41, 5.74) is -0.122. The third-order valence-electron chi connectivity index (χ3n) is 2.60. The number of non-ortho nitro benzene ring substituents is 1. The fourth-order valence-corrected chi connectivity index (χ4v) is 3.01. The van der Waals surface area contributed by atoms with E-state index in [1.165, 1.54) is 11.3 Å². The van der Waals surface area contributed by atoms with Gasteiger partial charge in [-0.2, -0.15) is 0 Å². The van der Waals surface area contributed by atoms with Crippen LogP contribution in [0.15, 0.2) is 29.6 Å². The Hall–Kier alpha value is -1.83. The Kier molecular flexibility index (Phi) is 4.66. The van der Waals surface area contributed by atoms with Crippen molar-refractivity contribution in [2.24, 2.45) is 0 Å². The average Bonchev–Trinajstić information content (AvgIpc) is 2.90. The summed E-state index contributed by atoms with van der Waals surface area (Å²) in [4.78, 5) is 22.0. The van der Waals surface area contributed by atoms with Crippen molar-refractivity contribution in [1.29, 1.82) is 0 Å². The van der Waals surface area contributed by atoms with Gasteiger partial charge >= 0.3 is 5.97 Å². The van der Waals surface area contributed by atoms with Crippen molar-refractivity contribution in [2.75, 3.05) is 5.32 Å². The number of hydrogen-bond acceptors (Lipinski definition) is 5. The van der Waals surface area contributed by atoms with Crippen LogP contribution in [-0.2, 0) is 4.79 Å². The number of nitro benzene ring substituents is 1. The van der Waals surface area contributed by atoms with E-state index in [1.54, 1.807) is 17.5 Å². The molecule has 2 N–H and O–H groups in total. The predicted octanol–water partition coefficient (Wildman–Crippen LogP) is 4.20. The molecule has 2 rings (SSSR count). The van der Waals surface area contributed by atoms with Crippen molar-refractivity contribution in [3.63, 3.8) is 0 Å². The molecule has 0 aliphatic carbocycles. The number of halogens is 2. The minimum atomic E-state index is -1.11. The summed E-state index contributed by atoms with van der Waals surface area (Å²) in [5.74, 6) is -1.11. The normalized spacial score (nSPS) is 11.9. The van der Waals surface area contributed by atoms with Crippen molar-refractivity contribution in [1.82, 2.24) is 0 Å².